The Morgan fingerprint density at radius 1 is 1.21 bits per heavy atom. The van der Waals surface area contributed by atoms with Crippen LogP contribution in [0.3, 0.4) is 0 Å². The van der Waals surface area contributed by atoms with Gasteiger partial charge in [-0.05, 0) is 45.0 Å². The second-order valence-corrected chi connectivity index (χ2v) is 7.16. The van der Waals surface area contributed by atoms with Gasteiger partial charge < -0.3 is 15.1 Å². The highest BCUT2D eigenvalue weighted by Crippen LogP contribution is 2.39. The number of amides is 1. The first-order valence-electron chi connectivity index (χ1n) is 9.25. The van der Waals surface area contributed by atoms with E-state index in [1.54, 1.807) is 23.5 Å². The molecule has 0 unspecified atom stereocenters. The van der Waals surface area contributed by atoms with Crippen LogP contribution in [0, 0.1) is 0 Å². The van der Waals surface area contributed by atoms with E-state index in [9.17, 15) is 4.79 Å². The Morgan fingerprint density at radius 3 is 2.75 bits per heavy atom. The van der Waals surface area contributed by atoms with E-state index >= 15 is 0 Å². The smallest absolute Gasteiger partial charge is 0.249 e. The summed E-state index contributed by atoms with van der Waals surface area (Å²) in [7, 11) is 1.82. The number of nitrogens with zero attached hydrogens (tertiary/aromatic N) is 5. The Labute approximate surface area is 163 Å². The Bertz CT molecular complexity index is 1000. The molecule has 0 saturated heterocycles. The average molecular weight is 377 g/mol. The molecule has 144 valence electrons. The predicted octanol–water partition coefficient (Wildman–Crippen LogP) is 3.19. The van der Waals surface area contributed by atoms with Gasteiger partial charge >= 0.3 is 0 Å². The van der Waals surface area contributed by atoms with E-state index < -0.39 is 0 Å². The average Bonchev–Trinajstić information content (AvgIpc) is 3.21. The number of aromatic nitrogens is 4. The van der Waals surface area contributed by atoms with Crippen LogP contribution in [0.25, 0.3) is 11.3 Å². The van der Waals surface area contributed by atoms with Gasteiger partial charge in [0.25, 0.3) is 0 Å². The zero-order chi connectivity index (χ0) is 19.8. The van der Waals surface area contributed by atoms with Crippen LogP contribution in [0.2, 0.25) is 0 Å². The van der Waals surface area contributed by atoms with Gasteiger partial charge in [0.1, 0.15) is 6.04 Å². The Balaban J connectivity index is 1.68. The molecule has 1 aromatic carbocycles. The highest BCUT2D eigenvalue weighted by molar-refractivity contribution is 6.05. The summed E-state index contributed by atoms with van der Waals surface area (Å²) in [6.07, 6.45) is 5.23. The summed E-state index contributed by atoms with van der Waals surface area (Å²) in [5.74, 6) is 0.598. The monoisotopic (exact) mass is 377 g/mol. The molecule has 0 spiro atoms. The highest BCUT2D eigenvalue weighted by Gasteiger charge is 2.34. The maximum absolute atomic E-state index is 12.6. The van der Waals surface area contributed by atoms with Crippen molar-refractivity contribution in [1.29, 1.82) is 0 Å². The molecule has 8 heteroatoms. The van der Waals surface area contributed by atoms with E-state index in [1.807, 2.05) is 38.2 Å². The van der Waals surface area contributed by atoms with Crippen molar-refractivity contribution in [3.63, 3.8) is 0 Å². The predicted molar refractivity (Wildman–Crippen MR) is 110 cm³/mol. The highest BCUT2D eigenvalue weighted by atomic mass is 16.2. The fraction of sp³-hybridized carbons (Fsp3) is 0.300. The molecule has 1 atom stereocenters. The number of likely N-dealkylation sites (N-methyl/N-ethyl adjacent to an activating group) is 1. The van der Waals surface area contributed by atoms with Crippen LogP contribution in [0.1, 0.15) is 20.8 Å². The SMILES string of the molecule is CC(C)N1c2cc(Nc3nccc(-c4cn[nH]c4)n3)ccc2N(C)C(=O)[C@H]1C. The summed E-state index contributed by atoms with van der Waals surface area (Å²) in [4.78, 5) is 25.3. The number of carbonyl (C=O) groups excluding carboxylic acids is 1. The van der Waals surface area contributed by atoms with E-state index in [2.05, 4.69) is 44.2 Å². The number of aromatic amines is 1. The van der Waals surface area contributed by atoms with Crippen molar-refractivity contribution in [1.82, 2.24) is 20.2 Å². The number of anilines is 4. The topological polar surface area (TPSA) is 90.0 Å². The summed E-state index contributed by atoms with van der Waals surface area (Å²) < 4.78 is 0. The molecule has 4 rings (SSSR count). The number of nitrogens with one attached hydrogen (secondary N) is 2. The molecule has 1 aliphatic heterocycles. The van der Waals surface area contributed by atoms with Crippen LogP contribution in [0.4, 0.5) is 23.0 Å². The van der Waals surface area contributed by atoms with Gasteiger partial charge in [0.2, 0.25) is 11.9 Å². The second-order valence-electron chi connectivity index (χ2n) is 7.16. The van der Waals surface area contributed by atoms with Crippen LogP contribution in [0.5, 0.6) is 0 Å². The molecule has 3 heterocycles. The molecular formula is C20H23N7O. The number of rotatable bonds is 4. The van der Waals surface area contributed by atoms with Gasteiger partial charge in [0.05, 0.1) is 23.3 Å². The van der Waals surface area contributed by atoms with Gasteiger partial charge in [-0.15, -0.1) is 0 Å². The zero-order valence-electron chi connectivity index (χ0n) is 16.3. The quantitative estimate of drug-likeness (QED) is 0.726. The maximum Gasteiger partial charge on any atom is 0.249 e. The van der Waals surface area contributed by atoms with Crippen molar-refractivity contribution >= 4 is 28.9 Å². The van der Waals surface area contributed by atoms with Crippen LogP contribution in [0.15, 0.2) is 42.9 Å². The molecule has 8 nitrogen and oxygen atoms in total. The second kappa shape index (κ2) is 6.95. The molecule has 0 fully saturated rings. The van der Waals surface area contributed by atoms with Gasteiger partial charge in [-0.25, -0.2) is 9.97 Å². The van der Waals surface area contributed by atoms with Crippen LogP contribution in [-0.2, 0) is 4.79 Å². The normalized spacial score (nSPS) is 16.5. The van der Waals surface area contributed by atoms with Gasteiger partial charge in [0.15, 0.2) is 0 Å². The molecule has 0 bridgehead atoms. The summed E-state index contributed by atoms with van der Waals surface area (Å²) in [6.45, 7) is 6.13. The van der Waals surface area contributed by atoms with E-state index in [4.69, 9.17) is 0 Å². The summed E-state index contributed by atoms with van der Waals surface area (Å²) in [5.41, 5.74) is 4.46. The molecule has 0 aliphatic carbocycles. The molecule has 1 aliphatic rings. The lowest BCUT2D eigenvalue weighted by atomic mass is 10.0. The lowest BCUT2D eigenvalue weighted by Gasteiger charge is -2.42. The largest absolute Gasteiger partial charge is 0.356 e. The molecule has 1 amide bonds. The molecular weight excluding hydrogens is 354 g/mol. The molecule has 3 aromatic rings. The zero-order valence-corrected chi connectivity index (χ0v) is 16.3. The van der Waals surface area contributed by atoms with Crippen molar-refractivity contribution in [2.24, 2.45) is 0 Å². The Morgan fingerprint density at radius 2 is 2.04 bits per heavy atom. The van der Waals surface area contributed by atoms with Gasteiger partial charge in [-0.1, -0.05) is 0 Å². The summed E-state index contributed by atoms with van der Waals surface area (Å²) >= 11 is 0. The molecule has 2 aromatic heterocycles. The Hall–Kier alpha value is -3.42. The first kappa shape index (κ1) is 18.0. The summed E-state index contributed by atoms with van der Waals surface area (Å²) in [5, 5.41) is 10.0. The Kier molecular flexibility index (Phi) is 4.46. The van der Waals surface area contributed by atoms with E-state index in [1.165, 1.54) is 0 Å². The fourth-order valence-corrected chi connectivity index (χ4v) is 3.64. The van der Waals surface area contributed by atoms with E-state index in [0.717, 1.165) is 28.3 Å². The number of fused-ring (bicyclic) bond motifs is 1. The lowest BCUT2D eigenvalue weighted by Crippen LogP contribution is -2.53. The first-order chi connectivity index (χ1) is 13.5. The van der Waals surface area contributed by atoms with Gasteiger partial charge in [-0.3, -0.25) is 9.89 Å². The summed E-state index contributed by atoms with van der Waals surface area (Å²) in [6, 6.07) is 7.76. The minimum atomic E-state index is -0.214. The third kappa shape index (κ3) is 3.06. The minimum absolute atomic E-state index is 0.0954. The molecule has 2 N–H and O–H groups in total. The standard InChI is InChI=1S/C20H23N7O/c1-12(2)27-13(3)19(28)26(4)17-6-5-15(9-18(17)27)24-20-21-8-7-16(25-20)14-10-22-23-11-14/h5-13H,1-4H3,(H,22,23)(H,21,24,25)/t13-/m1/s1. The van der Waals surface area contributed by atoms with Gasteiger partial charge in [-0.2, -0.15) is 5.10 Å². The fourth-order valence-electron chi connectivity index (χ4n) is 3.64. The van der Waals surface area contributed by atoms with Crippen molar-refractivity contribution in [2.45, 2.75) is 32.9 Å². The lowest BCUT2D eigenvalue weighted by molar-refractivity contribution is -0.119. The maximum atomic E-state index is 12.6. The van der Waals surface area contributed by atoms with Crippen LogP contribution >= 0.6 is 0 Å². The third-order valence-electron chi connectivity index (χ3n) is 4.98. The van der Waals surface area contributed by atoms with Crippen molar-refractivity contribution in [3.05, 3.63) is 42.9 Å². The number of carbonyl (C=O) groups is 1. The van der Waals surface area contributed by atoms with Gasteiger partial charge in [0, 0.05) is 36.7 Å². The third-order valence-corrected chi connectivity index (χ3v) is 4.98. The number of hydrogen-bond acceptors (Lipinski definition) is 6. The molecule has 0 saturated carbocycles. The number of hydrogen-bond donors (Lipinski definition) is 2. The first-order valence-corrected chi connectivity index (χ1v) is 9.25. The van der Waals surface area contributed by atoms with Crippen LogP contribution in [-0.4, -0.2) is 45.2 Å². The minimum Gasteiger partial charge on any atom is -0.356 e. The van der Waals surface area contributed by atoms with Crippen molar-refractivity contribution in [3.8, 4) is 11.3 Å². The van der Waals surface area contributed by atoms with Crippen LogP contribution < -0.4 is 15.1 Å². The molecule has 0 radical (unpaired) electrons. The van der Waals surface area contributed by atoms with E-state index in [0.29, 0.717) is 5.95 Å². The van der Waals surface area contributed by atoms with E-state index in [-0.39, 0.29) is 18.0 Å². The number of benzene rings is 1. The number of H-pyrrole nitrogens is 1. The molecule has 28 heavy (non-hydrogen) atoms. The van der Waals surface area contributed by atoms with Crippen molar-refractivity contribution < 1.29 is 4.79 Å². The van der Waals surface area contributed by atoms with Crippen molar-refractivity contribution in [2.75, 3.05) is 22.2 Å².